The number of aliphatic hydroxyl groups excluding tert-OH is 1. The van der Waals surface area contributed by atoms with Crippen LogP contribution in [-0.4, -0.2) is 15.1 Å². The van der Waals surface area contributed by atoms with Crippen molar-refractivity contribution >= 4 is 5.82 Å². The third-order valence-electron chi connectivity index (χ3n) is 3.09. The van der Waals surface area contributed by atoms with Gasteiger partial charge in [0.15, 0.2) is 0 Å². The van der Waals surface area contributed by atoms with E-state index < -0.39 is 0 Å². The van der Waals surface area contributed by atoms with Gasteiger partial charge in [0.25, 0.3) is 0 Å². The van der Waals surface area contributed by atoms with Gasteiger partial charge >= 0.3 is 0 Å². The molecule has 0 fully saturated rings. The van der Waals surface area contributed by atoms with Gasteiger partial charge in [0, 0.05) is 18.3 Å². The summed E-state index contributed by atoms with van der Waals surface area (Å²) in [5.41, 5.74) is 3.27. The molecule has 1 aromatic heterocycles. The van der Waals surface area contributed by atoms with E-state index in [2.05, 4.69) is 53.4 Å². The van der Waals surface area contributed by atoms with E-state index in [-0.39, 0.29) is 6.61 Å². The molecule has 1 heterocycles. The van der Waals surface area contributed by atoms with E-state index >= 15 is 0 Å². The van der Waals surface area contributed by atoms with Crippen LogP contribution in [0.25, 0.3) is 0 Å². The Morgan fingerprint density at radius 3 is 2.50 bits per heavy atom. The number of benzene rings is 1. The zero-order valence-electron chi connectivity index (χ0n) is 12.0. The number of aliphatic hydroxyl groups is 1. The first-order valence-corrected chi connectivity index (χ1v) is 6.90. The Labute approximate surface area is 119 Å². The third kappa shape index (κ3) is 4.03. The lowest BCUT2D eigenvalue weighted by molar-refractivity contribution is 0.281. The molecule has 0 unspecified atom stereocenters. The normalized spacial score (nSPS) is 10.8. The topological polar surface area (TPSA) is 58.0 Å². The summed E-state index contributed by atoms with van der Waals surface area (Å²) < 4.78 is 0. The molecule has 0 radical (unpaired) electrons. The van der Waals surface area contributed by atoms with Crippen LogP contribution in [0.4, 0.5) is 5.82 Å². The zero-order chi connectivity index (χ0) is 14.4. The van der Waals surface area contributed by atoms with E-state index in [1.165, 1.54) is 17.5 Å². The SMILES string of the molecule is CC(C)Cc1ccc(CNc2ncncc2CO)cc1. The van der Waals surface area contributed by atoms with Crippen molar-refractivity contribution in [3.8, 4) is 0 Å². The molecule has 2 N–H and O–H groups in total. The first-order chi connectivity index (χ1) is 9.69. The van der Waals surface area contributed by atoms with Crippen molar-refractivity contribution in [1.82, 2.24) is 9.97 Å². The molecular weight excluding hydrogens is 250 g/mol. The lowest BCUT2D eigenvalue weighted by Gasteiger charge is -2.10. The Morgan fingerprint density at radius 2 is 1.85 bits per heavy atom. The van der Waals surface area contributed by atoms with Crippen LogP contribution in [0.2, 0.25) is 0 Å². The average Bonchev–Trinajstić information content (AvgIpc) is 2.46. The number of nitrogens with zero attached hydrogens (tertiary/aromatic N) is 2. The molecule has 0 amide bonds. The maximum atomic E-state index is 9.22. The maximum absolute atomic E-state index is 9.22. The van der Waals surface area contributed by atoms with Crippen molar-refractivity contribution in [1.29, 1.82) is 0 Å². The number of hydrogen-bond donors (Lipinski definition) is 2. The van der Waals surface area contributed by atoms with Gasteiger partial charge in [-0.05, 0) is 23.5 Å². The molecule has 1 aromatic carbocycles. The van der Waals surface area contributed by atoms with E-state index in [0.29, 0.717) is 23.8 Å². The number of hydrogen-bond acceptors (Lipinski definition) is 4. The highest BCUT2D eigenvalue weighted by atomic mass is 16.3. The van der Waals surface area contributed by atoms with Gasteiger partial charge in [-0.25, -0.2) is 9.97 Å². The first kappa shape index (κ1) is 14.5. The predicted molar refractivity (Wildman–Crippen MR) is 80.3 cm³/mol. The second-order valence-corrected chi connectivity index (χ2v) is 5.32. The summed E-state index contributed by atoms with van der Waals surface area (Å²) in [5.74, 6) is 1.36. The quantitative estimate of drug-likeness (QED) is 0.848. The van der Waals surface area contributed by atoms with Crippen molar-refractivity contribution in [2.75, 3.05) is 5.32 Å². The summed E-state index contributed by atoms with van der Waals surface area (Å²) in [7, 11) is 0. The molecule has 0 aliphatic carbocycles. The van der Waals surface area contributed by atoms with Crippen LogP contribution in [0.3, 0.4) is 0 Å². The molecule has 106 valence electrons. The maximum Gasteiger partial charge on any atom is 0.135 e. The van der Waals surface area contributed by atoms with Crippen LogP contribution < -0.4 is 5.32 Å². The second-order valence-electron chi connectivity index (χ2n) is 5.32. The van der Waals surface area contributed by atoms with Crippen molar-refractivity contribution in [3.05, 3.63) is 53.5 Å². The van der Waals surface area contributed by atoms with Crippen LogP contribution in [0, 0.1) is 5.92 Å². The average molecular weight is 271 g/mol. The van der Waals surface area contributed by atoms with Gasteiger partial charge in [-0.15, -0.1) is 0 Å². The standard InChI is InChI=1S/C16H21N3O/c1-12(2)7-13-3-5-14(6-4-13)8-18-16-15(10-20)9-17-11-19-16/h3-6,9,11-12,20H,7-8,10H2,1-2H3,(H,17,18,19). The van der Waals surface area contributed by atoms with Gasteiger partial charge < -0.3 is 10.4 Å². The highest BCUT2D eigenvalue weighted by Gasteiger charge is 2.03. The monoisotopic (exact) mass is 271 g/mol. The molecular formula is C16H21N3O. The molecule has 20 heavy (non-hydrogen) atoms. The molecule has 0 aliphatic heterocycles. The van der Waals surface area contributed by atoms with Crippen LogP contribution >= 0.6 is 0 Å². The summed E-state index contributed by atoms with van der Waals surface area (Å²) in [6.45, 7) is 5.07. The Balaban J connectivity index is 1.97. The Hall–Kier alpha value is -1.94. The Morgan fingerprint density at radius 1 is 1.15 bits per heavy atom. The number of rotatable bonds is 6. The minimum atomic E-state index is -0.0590. The molecule has 0 saturated heterocycles. The van der Waals surface area contributed by atoms with Crippen molar-refractivity contribution in [3.63, 3.8) is 0 Å². The van der Waals surface area contributed by atoms with Gasteiger partial charge in [0.05, 0.1) is 6.61 Å². The molecule has 2 aromatic rings. The summed E-state index contributed by atoms with van der Waals surface area (Å²) in [4.78, 5) is 8.04. The Bertz CT molecular complexity index is 538. The van der Waals surface area contributed by atoms with E-state index in [4.69, 9.17) is 0 Å². The van der Waals surface area contributed by atoms with Gasteiger partial charge in [-0.3, -0.25) is 0 Å². The molecule has 0 saturated carbocycles. The second kappa shape index (κ2) is 7.01. The van der Waals surface area contributed by atoms with E-state index in [0.717, 1.165) is 6.42 Å². The number of anilines is 1. The van der Waals surface area contributed by atoms with Gasteiger partial charge in [0.1, 0.15) is 12.1 Å². The number of aromatic nitrogens is 2. The first-order valence-electron chi connectivity index (χ1n) is 6.90. The lowest BCUT2D eigenvalue weighted by Crippen LogP contribution is -2.05. The fraction of sp³-hybridized carbons (Fsp3) is 0.375. The summed E-state index contributed by atoms with van der Waals surface area (Å²) >= 11 is 0. The highest BCUT2D eigenvalue weighted by Crippen LogP contribution is 2.13. The largest absolute Gasteiger partial charge is 0.391 e. The van der Waals surface area contributed by atoms with Crippen molar-refractivity contribution in [2.45, 2.75) is 33.4 Å². The van der Waals surface area contributed by atoms with Gasteiger partial charge in [-0.1, -0.05) is 38.1 Å². The molecule has 4 heteroatoms. The number of nitrogens with one attached hydrogen (secondary N) is 1. The van der Waals surface area contributed by atoms with Crippen LogP contribution in [0.15, 0.2) is 36.8 Å². The molecule has 4 nitrogen and oxygen atoms in total. The van der Waals surface area contributed by atoms with Crippen molar-refractivity contribution in [2.24, 2.45) is 5.92 Å². The summed E-state index contributed by atoms with van der Waals surface area (Å²) in [6.07, 6.45) is 4.21. The van der Waals surface area contributed by atoms with E-state index in [1.807, 2.05) is 0 Å². The smallest absolute Gasteiger partial charge is 0.135 e. The summed E-state index contributed by atoms with van der Waals surface area (Å²) in [5, 5.41) is 12.4. The lowest BCUT2D eigenvalue weighted by atomic mass is 10.0. The fourth-order valence-corrected chi connectivity index (χ4v) is 2.08. The molecule has 0 atom stereocenters. The third-order valence-corrected chi connectivity index (χ3v) is 3.09. The predicted octanol–water partition coefficient (Wildman–Crippen LogP) is 2.78. The Kier molecular flexibility index (Phi) is 5.07. The van der Waals surface area contributed by atoms with Gasteiger partial charge in [0.2, 0.25) is 0 Å². The van der Waals surface area contributed by atoms with Crippen molar-refractivity contribution < 1.29 is 5.11 Å². The van der Waals surface area contributed by atoms with Crippen LogP contribution in [0.5, 0.6) is 0 Å². The summed E-state index contributed by atoms with van der Waals surface area (Å²) in [6, 6.07) is 8.60. The molecule has 0 spiro atoms. The minimum Gasteiger partial charge on any atom is -0.391 e. The van der Waals surface area contributed by atoms with Crippen LogP contribution in [-0.2, 0) is 19.6 Å². The minimum absolute atomic E-state index is 0.0590. The van der Waals surface area contributed by atoms with Gasteiger partial charge in [-0.2, -0.15) is 0 Å². The fourth-order valence-electron chi connectivity index (χ4n) is 2.08. The van der Waals surface area contributed by atoms with E-state index in [9.17, 15) is 5.11 Å². The highest BCUT2D eigenvalue weighted by molar-refractivity contribution is 5.42. The molecule has 0 aliphatic rings. The van der Waals surface area contributed by atoms with E-state index in [1.54, 1.807) is 6.20 Å². The zero-order valence-corrected chi connectivity index (χ0v) is 12.0. The molecule has 0 bridgehead atoms. The molecule has 2 rings (SSSR count). The van der Waals surface area contributed by atoms with Crippen LogP contribution in [0.1, 0.15) is 30.5 Å².